The molecule has 0 saturated heterocycles. The predicted molar refractivity (Wildman–Crippen MR) is 72.7 cm³/mol. The SMILES string of the molecule is C#CCNCC(=O)Nc1ccc(OCC)cc1C. The van der Waals surface area contributed by atoms with E-state index in [1.807, 2.05) is 32.0 Å². The second-order valence-electron chi connectivity index (χ2n) is 3.77. The zero-order valence-corrected chi connectivity index (χ0v) is 10.7. The van der Waals surface area contributed by atoms with E-state index in [9.17, 15) is 4.79 Å². The maximum Gasteiger partial charge on any atom is 0.238 e. The lowest BCUT2D eigenvalue weighted by Gasteiger charge is -2.10. The number of anilines is 1. The molecule has 1 aromatic rings. The second-order valence-corrected chi connectivity index (χ2v) is 3.77. The van der Waals surface area contributed by atoms with Gasteiger partial charge in [0.25, 0.3) is 0 Å². The number of amides is 1. The molecule has 0 aliphatic heterocycles. The molecule has 0 heterocycles. The van der Waals surface area contributed by atoms with Crippen molar-refractivity contribution in [2.75, 3.05) is 25.0 Å². The Morgan fingerprint density at radius 2 is 2.28 bits per heavy atom. The molecule has 18 heavy (non-hydrogen) atoms. The van der Waals surface area contributed by atoms with Crippen LogP contribution in [0.5, 0.6) is 5.75 Å². The Morgan fingerprint density at radius 1 is 1.50 bits per heavy atom. The minimum absolute atomic E-state index is 0.113. The van der Waals surface area contributed by atoms with Crippen LogP contribution in [0.4, 0.5) is 5.69 Å². The van der Waals surface area contributed by atoms with Crippen LogP contribution in [0.2, 0.25) is 0 Å². The molecule has 0 fully saturated rings. The average Bonchev–Trinajstić information content (AvgIpc) is 2.33. The molecular weight excluding hydrogens is 228 g/mol. The van der Waals surface area contributed by atoms with Gasteiger partial charge in [-0.1, -0.05) is 5.92 Å². The summed E-state index contributed by atoms with van der Waals surface area (Å²) in [6.07, 6.45) is 5.08. The summed E-state index contributed by atoms with van der Waals surface area (Å²) in [6.45, 7) is 5.07. The number of rotatable bonds is 6. The lowest BCUT2D eigenvalue weighted by atomic mass is 10.2. The van der Waals surface area contributed by atoms with Gasteiger partial charge in [0.05, 0.1) is 19.7 Å². The van der Waals surface area contributed by atoms with E-state index >= 15 is 0 Å². The van der Waals surface area contributed by atoms with E-state index in [1.54, 1.807) is 0 Å². The first kappa shape index (κ1) is 14.1. The van der Waals surface area contributed by atoms with Gasteiger partial charge in [-0.15, -0.1) is 6.42 Å². The number of benzene rings is 1. The number of ether oxygens (including phenoxy) is 1. The van der Waals surface area contributed by atoms with E-state index in [0.29, 0.717) is 13.2 Å². The van der Waals surface area contributed by atoms with Crippen LogP contribution in [0, 0.1) is 19.3 Å². The van der Waals surface area contributed by atoms with Crippen molar-refractivity contribution in [3.8, 4) is 18.1 Å². The summed E-state index contributed by atoms with van der Waals surface area (Å²) < 4.78 is 5.38. The predicted octanol–water partition coefficient (Wildman–Crippen LogP) is 1.56. The fourth-order valence-corrected chi connectivity index (χ4v) is 1.48. The molecule has 4 nitrogen and oxygen atoms in total. The molecule has 2 N–H and O–H groups in total. The lowest BCUT2D eigenvalue weighted by molar-refractivity contribution is -0.115. The normalized spacial score (nSPS) is 9.61. The third kappa shape index (κ3) is 4.48. The Hall–Kier alpha value is -1.99. The Bertz CT molecular complexity index is 450. The van der Waals surface area contributed by atoms with Crippen LogP contribution in [0.1, 0.15) is 12.5 Å². The molecule has 0 aliphatic rings. The van der Waals surface area contributed by atoms with Gasteiger partial charge in [0.15, 0.2) is 0 Å². The van der Waals surface area contributed by atoms with Crippen molar-refractivity contribution in [2.45, 2.75) is 13.8 Å². The monoisotopic (exact) mass is 246 g/mol. The number of nitrogens with one attached hydrogen (secondary N) is 2. The largest absolute Gasteiger partial charge is 0.494 e. The molecule has 96 valence electrons. The molecule has 0 radical (unpaired) electrons. The van der Waals surface area contributed by atoms with E-state index < -0.39 is 0 Å². The lowest BCUT2D eigenvalue weighted by Crippen LogP contribution is -2.28. The van der Waals surface area contributed by atoms with Crippen LogP contribution in [-0.2, 0) is 4.79 Å². The van der Waals surface area contributed by atoms with E-state index in [1.165, 1.54) is 0 Å². The van der Waals surface area contributed by atoms with Crippen molar-refractivity contribution < 1.29 is 9.53 Å². The van der Waals surface area contributed by atoms with Crippen molar-refractivity contribution in [1.29, 1.82) is 0 Å². The third-order valence-corrected chi connectivity index (χ3v) is 2.30. The standard InChI is InChI=1S/C14H18N2O2/c1-4-8-15-10-14(17)16-13-7-6-12(18-5-2)9-11(13)3/h1,6-7,9,15H,5,8,10H2,2-3H3,(H,16,17). The molecule has 4 heteroatoms. The number of terminal acetylenes is 1. The Balaban J connectivity index is 2.57. The fourth-order valence-electron chi connectivity index (χ4n) is 1.48. The van der Waals surface area contributed by atoms with Gasteiger partial charge in [-0.2, -0.15) is 0 Å². The molecule has 0 saturated carbocycles. The highest BCUT2D eigenvalue weighted by atomic mass is 16.5. The first-order valence-electron chi connectivity index (χ1n) is 5.84. The first-order chi connectivity index (χ1) is 8.67. The highest BCUT2D eigenvalue weighted by Gasteiger charge is 2.05. The van der Waals surface area contributed by atoms with Crippen LogP contribution in [0.25, 0.3) is 0 Å². The van der Waals surface area contributed by atoms with Crippen LogP contribution < -0.4 is 15.4 Å². The van der Waals surface area contributed by atoms with Crippen molar-refractivity contribution in [1.82, 2.24) is 5.32 Å². The van der Waals surface area contributed by atoms with Crippen molar-refractivity contribution in [3.63, 3.8) is 0 Å². The average molecular weight is 246 g/mol. The van der Waals surface area contributed by atoms with Crippen LogP contribution in [0.15, 0.2) is 18.2 Å². The third-order valence-electron chi connectivity index (χ3n) is 2.30. The number of carbonyl (C=O) groups excluding carboxylic acids is 1. The quantitative estimate of drug-likeness (QED) is 0.591. The van der Waals surface area contributed by atoms with E-state index in [-0.39, 0.29) is 12.5 Å². The second kappa shape index (κ2) is 7.36. The van der Waals surface area contributed by atoms with E-state index in [0.717, 1.165) is 17.0 Å². The molecule has 0 spiro atoms. The van der Waals surface area contributed by atoms with Crippen LogP contribution in [-0.4, -0.2) is 25.6 Å². The number of carbonyl (C=O) groups is 1. The number of hydrogen-bond acceptors (Lipinski definition) is 3. The summed E-state index contributed by atoms with van der Waals surface area (Å²) in [5, 5.41) is 5.65. The highest BCUT2D eigenvalue weighted by Crippen LogP contribution is 2.21. The van der Waals surface area contributed by atoms with Gasteiger partial charge in [0.1, 0.15) is 5.75 Å². The summed E-state index contributed by atoms with van der Waals surface area (Å²) in [6, 6.07) is 5.56. The van der Waals surface area contributed by atoms with Gasteiger partial charge in [-0.3, -0.25) is 10.1 Å². The maximum absolute atomic E-state index is 11.6. The number of hydrogen-bond donors (Lipinski definition) is 2. The van der Waals surface area contributed by atoms with Crippen LogP contribution in [0.3, 0.4) is 0 Å². The molecule has 0 bridgehead atoms. The summed E-state index contributed by atoms with van der Waals surface area (Å²) >= 11 is 0. The maximum atomic E-state index is 11.6. The van der Waals surface area contributed by atoms with Gasteiger partial charge in [-0.05, 0) is 37.6 Å². The van der Waals surface area contributed by atoms with Gasteiger partial charge in [0.2, 0.25) is 5.91 Å². The summed E-state index contributed by atoms with van der Waals surface area (Å²) in [5.41, 5.74) is 1.75. The fraction of sp³-hybridized carbons (Fsp3) is 0.357. The van der Waals surface area contributed by atoms with E-state index in [2.05, 4.69) is 16.6 Å². The molecule has 0 unspecified atom stereocenters. The summed E-state index contributed by atoms with van der Waals surface area (Å²) in [5.74, 6) is 3.10. The van der Waals surface area contributed by atoms with Crippen LogP contribution >= 0.6 is 0 Å². The first-order valence-corrected chi connectivity index (χ1v) is 5.84. The number of aryl methyl sites for hydroxylation is 1. The zero-order valence-electron chi connectivity index (χ0n) is 10.7. The van der Waals surface area contributed by atoms with Crippen molar-refractivity contribution in [3.05, 3.63) is 23.8 Å². The highest BCUT2D eigenvalue weighted by molar-refractivity contribution is 5.93. The van der Waals surface area contributed by atoms with Gasteiger partial charge in [-0.25, -0.2) is 0 Å². The minimum atomic E-state index is -0.113. The minimum Gasteiger partial charge on any atom is -0.494 e. The van der Waals surface area contributed by atoms with Crippen molar-refractivity contribution in [2.24, 2.45) is 0 Å². The molecular formula is C14H18N2O2. The Labute approximate surface area is 108 Å². The van der Waals surface area contributed by atoms with Gasteiger partial charge >= 0.3 is 0 Å². The molecule has 0 aromatic heterocycles. The van der Waals surface area contributed by atoms with Crippen molar-refractivity contribution >= 4 is 11.6 Å². The molecule has 0 aliphatic carbocycles. The zero-order chi connectivity index (χ0) is 13.4. The Kier molecular flexibility index (Phi) is 5.75. The Morgan fingerprint density at radius 3 is 2.89 bits per heavy atom. The molecule has 1 amide bonds. The topological polar surface area (TPSA) is 50.4 Å². The molecule has 1 aromatic carbocycles. The molecule has 1 rings (SSSR count). The smallest absolute Gasteiger partial charge is 0.238 e. The summed E-state index contributed by atoms with van der Waals surface area (Å²) in [4.78, 5) is 11.6. The molecule has 0 atom stereocenters. The van der Waals surface area contributed by atoms with Gasteiger partial charge < -0.3 is 10.1 Å². The summed E-state index contributed by atoms with van der Waals surface area (Å²) in [7, 11) is 0. The van der Waals surface area contributed by atoms with E-state index in [4.69, 9.17) is 11.2 Å². The van der Waals surface area contributed by atoms with Gasteiger partial charge in [0, 0.05) is 5.69 Å².